The van der Waals surface area contributed by atoms with E-state index in [2.05, 4.69) is 4.74 Å². The summed E-state index contributed by atoms with van der Waals surface area (Å²) in [5.41, 5.74) is 4.19. The Balaban J connectivity index is 0.000000982. The summed E-state index contributed by atoms with van der Waals surface area (Å²) in [6.07, 6.45) is -0.101. The van der Waals surface area contributed by atoms with Crippen LogP contribution in [-0.2, 0) is 25.5 Å². The average molecular weight is 269 g/mol. The van der Waals surface area contributed by atoms with Crippen LogP contribution < -0.4 is 5.73 Å². The molecule has 0 radical (unpaired) electrons. The summed E-state index contributed by atoms with van der Waals surface area (Å²) in [5.74, 6) is -2.35. The van der Waals surface area contributed by atoms with E-state index in [1.54, 1.807) is 30.3 Å². The highest BCUT2D eigenvalue weighted by Crippen LogP contribution is 2.13. The van der Waals surface area contributed by atoms with Gasteiger partial charge < -0.3 is 20.7 Å². The van der Waals surface area contributed by atoms with Gasteiger partial charge in [0.05, 0.1) is 7.11 Å². The first-order chi connectivity index (χ1) is 8.92. The van der Waals surface area contributed by atoms with E-state index < -0.39 is 17.5 Å². The molecule has 0 bridgehead atoms. The zero-order valence-electron chi connectivity index (χ0n) is 10.3. The van der Waals surface area contributed by atoms with Gasteiger partial charge >= 0.3 is 11.9 Å². The van der Waals surface area contributed by atoms with Crippen molar-refractivity contribution < 1.29 is 29.3 Å². The van der Waals surface area contributed by atoms with Gasteiger partial charge in [-0.25, -0.2) is 9.59 Å². The van der Waals surface area contributed by atoms with Gasteiger partial charge in [-0.05, 0) is 5.56 Å². The molecular formula is C12H15NO6. The molecule has 0 amide bonds. The zero-order chi connectivity index (χ0) is 14.9. The van der Waals surface area contributed by atoms with Crippen LogP contribution in [-0.4, -0.2) is 41.3 Å². The van der Waals surface area contributed by atoms with Crippen molar-refractivity contribution in [3.63, 3.8) is 0 Å². The number of esters is 1. The van der Waals surface area contributed by atoms with Crippen LogP contribution in [0.2, 0.25) is 0 Å². The van der Waals surface area contributed by atoms with Crippen molar-refractivity contribution in [3.05, 3.63) is 35.9 Å². The van der Waals surface area contributed by atoms with Crippen LogP contribution in [0.25, 0.3) is 0 Å². The first kappa shape index (κ1) is 16.6. The highest BCUT2D eigenvalue weighted by atomic mass is 16.5. The Morgan fingerprint density at radius 2 is 1.84 bits per heavy atom. The van der Waals surface area contributed by atoms with Gasteiger partial charge in [-0.15, -0.1) is 0 Å². The first-order valence-corrected chi connectivity index (χ1v) is 5.14. The minimum absolute atomic E-state index is 0.101. The maximum atomic E-state index is 11.4. The normalized spacial score (nSPS) is 12.3. The third-order valence-electron chi connectivity index (χ3n) is 2.26. The monoisotopic (exact) mass is 269 g/mol. The molecule has 0 aliphatic rings. The van der Waals surface area contributed by atoms with E-state index in [-0.39, 0.29) is 12.9 Å². The summed E-state index contributed by atoms with van der Waals surface area (Å²) in [6, 6.07) is 8.69. The second kappa shape index (κ2) is 7.83. The van der Waals surface area contributed by atoms with Crippen molar-refractivity contribution >= 4 is 18.4 Å². The summed E-state index contributed by atoms with van der Waals surface area (Å²) in [5, 5.41) is 15.9. The van der Waals surface area contributed by atoms with Crippen molar-refractivity contribution in [3.8, 4) is 0 Å². The third-order valence-corrected chi connectivity index (χ3v) is 2.26. The lowest BCUT2D eigenvalue weighted by Crippen LogP contribution is -2.57. The number of ether oxygens (including phenoxy) is 1. The standard InChI is InChI=1S/C11H13NO4.CH2O2/c1-16-10(15)11(12,9(13)14)7-8-5-3-2-4-6-8;2-1-3/h2-6H,7,12H2,1H3,(H,13,14);1H,(H,2,3). The fraction of sp³-hybridized carbons (Fsp3) is 0.250. The van der Waals surface area contributed by atoms with Crippen LogP contribution in [0.15, 0.2) is 30.3 Å². The van der Waals surface area contributed by atoms with Gasteiger partial charge in [0, 0.05) is 6.42 Å². The molecule has 1 rings (SSSR count). The fourth-order valence-corrected chi connectivity index (χ4v) is 1.34. The van der Waals surface area contributed by atoms with Crippen molar-refractivity contribution in [2.24, 2.45) is 5.73 Å². The number of carbonyl (C=O) groups is 3. The van der Waals surface area contributed by atoms with Crippen molar-refractivity contribution in [2.45, 2.75) is 12.0 Å². The average Bonchev–Trinajstić information content (AvgIpc) is 2.39. The van der Waals surface area contributed by atoms with Gasteiger partial charge in [-0.3, -0.25) is 4.79 Å². The van der Waals surface area contributed by atoms with Crippen LogP contribution in [0.4, 0.5) is 0 Å². The number of carboxylic acids is 1. The lowest BCUT2D eigenvalue weighted by Gasteiger charge is -2.21. The molecule has 0 aliphatic carbocycles. The highest BCUT2D eigenvalue weighted by molar-refractivity contribution is 6.04. The van der Waals surface area contributed by atoms with Crippen LogP contribution in [0.5, 0.6) is 0 Å². The number of nitrogens with two attached hydrogens (primary N) is 1. The molecule has 19 heavy (non-hydrogen) atoms. The van der Waals surface area contributed by atoms with Crippen LogP contribution >= 0.6 is 0 Å². The lowest BCUT2D eigenvalue weighted by atomic mass is 9.92. The molecule has 4 N–H and O–H groups in total. The van der Waals surface area contributed by atoms with Crippen LogP contribution in [0.1, 0.15) is 5.56 Å². The number of rotatable bonds is 4. The van der Waals surface area contributed by atoms with Gasteiger partial charge in [-0.2, -0.15) is 0 Å². The molecule has 0 aliphatic heterocycles. The molecule has 104 valence electrons. The minimum Gasteiger partial charge on any atom is -0.483 e. The smallest absolute Gasteiger partial charge is 0.337 e. The Morgan fingerprint density at radius 3 is 2.21 bits per heavy atom. The zero-order valence-corrected chi connectivity index (χ0v) is 10.3. The molecule has 0 aromatic heterocycles. The number of hydrogen-bond donors (Lipinski definition) is 3. The highest BCUT2D eigenvalue weighted by Gasteiger charge is 2.43. The summed E-state index contributed by atoms with van der Waals surface area (Å²) < 4.78 is 4.40. The van der Waals surface area contributed by atoms with Crippen LogP contribution in [0.3, 0.4) is 0 Å². The van der Waals surface area contributed by atoms with E-state index in [1.165, 1.54) is 0 Å². The van der Waals surface area contributed by atoms with Gasteiger partial charge in [0.15, 0.2) is 0 Å². The van der Waals surface area contributed by atoms with Gasteiger partial charge in [0.2, 0.25) is 5.54 Å². The summed E-state index contributed by atoms with van der Waals surface area (Å²) >= 11 is 0. The first-order valence-electron chi connectivity index (χ1n) is 5.14. The van der Waals surface area contributed by atoms with E-state index in [4.69, 9.17) is 20.7 Å². The maximum absolute atomic E-state index is 11.4. The van der Waals surface area contributed by atoms with E-state index in [0.29, 0.717) is 5.56 Å². The molecule has 7 heteroatoms. The van der Waals surface area contributed by atoms with Crippen molar-refractivity contribution in [2.75, 3.05) is 7.11 Å². The summed E-state index contributed by atoms with van der Waals surface area (Å²) in [4.78, 5) is 30.7. The molecule has 0 saturated heterocycles. The number of carbonyl (C=O) groups excluding carboxylic acids is 1. The van der Waals surface area contributed by atoms with Gasteiger partial charge in [-0.1, -0.05) is 30.3 Å². The maximum Gasteiger partial charge on any atom is 0.337 e. The molecule has 0 fully saturated rings. The Labute approximate surface area is 109 Å². The molecule has 0 spiro atoms. The molecule has 0 heterocycles. The third kappa shape index (κ3) is 4.76. The minimum atomic E-state index is -2.03. The van der Waals surface area contributed by atoms with E-state index in [1.807, 2.05) is 0 Å². The predicted octanol–water partition coefficient (Wildman–Crippen LogP) is -0.115. The molecule has 1 aromatic rings. The SMILES string of the molecule is COC(=O)C(N)(Cc1ccccc1)C(=O)O.O=CO. The molecule has 1 aromatic carbocycles. The Hall–Kier alpha value is -2.41. The fourth-order valence-electron chi connectivity index (χ4n) is 1.34. The number of hydrogen-bond acceptors (Lipinski definition) is 5. The molecular weight excluding hydrogens is 254 g/mol. The number of benzene rings is 1. The molecule has 0 saturated carbocycles. The number of aliphatic carboxylic acids is 1. The second-order valence-electron chi connectivity index (χ2n) is 3.54. The second-order valence-corrected chi connectivity index (χ2v) is 3.54. The van der Waals surface area contributed by atoms with Gasteiger partial charge in [0.1, 0.15) is 0 Å². The van der Waals surface area contributed by atoms with E-state index in [0.717, 1.165) is 7.11 Å². The molecule has 1 unspecified atom stereocenters. The lowest BCUT2D eigenvalue weighted by molar-refractivity contribution is -0.159. The predicted molar refractivity (Wildman–Crippen MR) is 65.4 cm³/mol. The van der Waals surface area contributed by atoms with E-state index in [9.17, 15) is 9.59 Å². The Morgan fingerprint density at radius 1 is 1.37 bits per heavy atom. The topological polar surface area (TPSA) is 127 Å². The Bertz CT molecular complexity index is 433. The van der Waals surface area contributed by atoms with Gasteiger partial charge in [0.25, 0.3) is 6.47 Å². The summed E-state index contributed by atoms with van der Waals surface area (Å²) in [7, 11) is 1.11. The van der Waals surface area contributed by atoms with Crippen molar-refractivity contribution in [1.82, 2.24) is 0 Å². The number of carboxylic acid groups (broad SMARTS) is 2. The van der Waals surface area contributed by atoms with E-state index >= 15 is 0 Å². The van der Waals surface area contributed by atoms with Crippen molar-refractivity contribution in [1.29, 1.82) is 0 Å². The largest absolute Gasteiger partial charge is 0.483 e. The molecule has 7 nitrogen and oxygen atoms in total. The number of methoxy groups -OCH3 is 1. The Kier molecular flexibility index (Phi) is 6.83. The van der Waals surface area contributed by atoms with Crippen LogP contribution in [0, 0.1) is 0 Å². The molecule has 1 atom stereocenters. The quantitative estimate of drug-likeness (QED) is 0.395. The summed E-state index contributed by atoms with van der Waals surface area (Å²) in [6.45, 7) is -0.250.